The molecule has 1 aromatic carbocycles. The summed E-state index contributed by atoms with van der Waals surface area (Å²) in [6.07, 6.45) is 1.42. The molecule has 1 nitrogen and oxygen atoms in total. The Hall–Kier alpha value is -0.755. The molecule has 0 amide bonds. The lowest BCUT2D eigenvalue weighted by molar-refractivity contribution is 0.363. The number of benzene rings is 1. The molecule has 0 spiro atoms. The maximum Gasteiger partial charge on any atom is 0.139 e. The van der Waals surface area contributed by atoms with E-state index in [1.54, 1.807) is 5.56 Å². The molecule has 1 aliphatic heterocycles. The lowest BCUT2D eigenvalue weighted by atomic mass is 9.89. The van der Waals surface area contributed by atoms with Gasteiger partial charge in [-0.05, 0) is 24.9 Å². The average molecular weight is 185 g/mol. The Morgan fingerprint density at radius 2 is 2.07 bits per heavy atom. The van der Waals surface area contributed by atoms with Gasteiger partial charge in [-0.25, -0.2) is 0 Å². The predicted molar refractivity (Wildman–Crippen MR) is 61.9 cm³/mol. The maximum absolute atomic E-state index is 2.47. The molecule has 2 heteroatoms. The second kappa shape index (κ2) is 2.63. The smallest absolute Gasteiger partial charge is 0.139 e. The van der Waals surface area contributed by atoms with E-state index in [-0.39, 0.29) is 0 Å². The van der Waals surface area contributed by atoms with E-state index >= 15 is 0 Å². The summed E-state index contributed by atoms with van der Waals surface area (Å²) in [4.78, 5) is 2.47. The van der Waals surface area contributed by atoms with Gasteiger partial charge in [0.15, 0.2) is 0 Å². The van der Waals surface area contributed by atoms with Crippen molar-refractivity contribution < 1.29 is 0 Å². The van der Waals surface area contributed by atoms with Gasteiger partial charge in [-0.3, -0.25) is 0 Å². The van der Waals surface area contributed by atoms with Crippen molar-refractivity contribution in [1.82, 2.24) is 4.90 Å². The highest BCUT2D eigenvalue weighted by Crippen LogP contribution is 2.58. The van der Waals surface area contributed by atoms with Crippen LogP contribution in [0.25, 0.3) is 0 Å². The lowest BCUT2D eigenvalue weighted by Gasteiger charge is -2.16. The topological polar surface area (TPSA) is 3.24 Å². The third kappa shape index (κ3) is 1.07. The lowest BCUT2D eigenvalue weighted by Crippen LogP contribution is -2.22. The van der Waals surface area contributed by atoms with Crippen LogP contribution in [0.15, 0.2) is 24.3 Å². The molecule has 1 aromatic rings. The molecule has 1 heterocycles. The molecular formula is C12H16BN. The highest BCUT2D eigenvalue weighted by molar-refractivity contribution is 6.32. The van der Waals surface area contributed by atoms with Crippen molar-refractivity contribution in [3.63, 3.8) is 0 Å². The van der Waals surface area contributed by atoms with Gasteiger partial charge in [0.1, 0.15) is 7.85 Å². The Balaban J connectivity index is 1.93. The number of hydrogen-bond acceptors (Lipinski definition) is 1. The van der Waals surface area contributed by atoms with Crippen LogP contribution in [0.1, 0.15) is 12.0 Å². The first kappa shape index (κ1) is 8.54. The second-order valence-electron chi connectivity index (χ2n) is 5.12. The molecule has 0 N–H and O–H groups in total. The molecule has 0 radical (unpaired) electrons. The zero-order chi connectivity index (χ0) is 9.76. The third-order valence-corrected chi connectivity index (χ3v) is 3.94. The third-order valence-electron chi connectivity index (χ3n) is 3.94. The highest BCUT2D eigenvalue weighted by Gasteiger charge is 2.59. The monoisotopic (exact) mass is 185 g/mol. The fourth-order valence-corrected chi connectivity index (χ4v) is 3.07. The van der Waals surface area contributed by atoms with Crippen molar-refractivity contribution in [2.45, 2.75) is 11.8 Å². The summed E-state index contributed by atoms with van der Waals surface area (Å²) >= 11 is 0. The van der Waals surface area contributed by atoms with Crippen LogP contribution in [0.4, 0.5) is 0 Å². The zero-order valence-corrected chi connectivity index (χ0v) is 8.96. The molecule has 1 saturated heterocycles. The van der Waals surface area contributed by atoms with E-state index in [2.05, 4.69) is 44.1 Å². The van der Waals surface area contributed by atoms with Crippen molar-refractivity contribution in [3.05, 3.63) is 29.8 Å². The van der Waals surface area contributed by atoms with E-state index in [4.69, 9.17) is 0 Å². The molecule has 2 atom stereocenters. The predicted octanol–water partition coefficient (Wildman–Crippen LogP) is 0.148. The van der Waals surface area contributed by atoms with Gasteiger partial charge in [-0.2, -0.15) is 0 Å². The number of fused-ring (bicyclic) bond motifs is 1. The van der Waals surface area contributed by atoms with Gasteiger partial charge in [0, 0.05) is 18.5 Å². The average Bonchev–Trinajstić information content (AvgIpc) is 2.71. The van der Waals surface area contributed by atoms with Crippen LogP contribution in [0, 0.1) is 5.92 Å². The molecule has 1 aliphatic carbocycles. The van der Waals surface area contributed by atoms with E-state index in [1.165, 1.54) is 25.0 Å². The van der Waals surface area contributed by atoms with E-state index in [9.17, 15) is 0 Å². The number of piperidine rings is 1. The van der Waals surface area contributed by atoms with Crippen LogP contribution >= 0.6 is 0 Å². The normalized spacial score (nSPS) is 35.6. The van der Waals surface area contributed by atoms with Gasteiger partial charge < -0.3 is 4.90 Å². The van der Waals surface area contributed by atoms with E-state index in [0.29, 0.717) is 5.41 Å². The summed E-state index contributed by atoms with van der Waals surface area (Å²) in [7, 11) is 4.40. The van der Waals surface area contributed by atoms with E-state index in [1.807, 2.05) is 0 Å². The van der Waals surface area contributed by atoms with Gasteiger partial charge in [0.2, 0.25) is 0 Å². The first-order valence-electron chi connectivity index (χ1n) is 5.46. The van der Waals surface area contributed by atoms with Crippen molar-refractivity contribution >= 4 is 13.3 Å². The number of nitrogens with zero attached hydrogens (tertiary/aromatic N) is 1. The minimum absolute atomic E-state index is 0.544. The minimum Gasteiger partial charge on any atom is -0.305 e. The van der Waals surface area contributed by atoms with Crippen LogP contribution in [0.2, 0.25) is 0 Å². The Kier molecular flexibility index (Phi) is 1.61. The first-order chi connectivity index (χ1) is 6.71. The molecule has 1 saturated carbocycles. The number of likely N-dealkylation sites (tertiary alicyclic amines) is 1. The largest absolute Gasteiger partial charge is 0.305 e. The van der Waals surface area contributed by atoms with Crippen molar-refractivity contribution in [1.29, 1.82) is 0 Å². The van der Waals surface area contributed by atoms with Gasteiger partial charge in [-0.1, -0.05) is 29.7 Å². The number of likely N-dealkylation sites (N-methyl/N-ethyl adjacent to an activating group) is 1. The van der Waals surface area contributed by atoms with Crippen molar-refractivity contribution in [3.8, 4) is 0 Å². The highest BCUT2D eigenvalue weighted by atomic mass is 15.2. The van der Waals surface area contributed by atoms with Crippen LogP contribution in [-0.2, 0) is 5.41 Å². The zero-order valence-electron chi connectivity index (χ0n) is 8.96. The fraction of sp³-hybridized carbons (Fsp3) is 0.500. The summed E-state index contributed by atoms with van der Waals surface area (Å²) in [6, 6.07) is 9.15. The Morgan fingerprint density at radius 3 is 2.64 bits per heavy atom. The summed E-state index contributed by atoms with van der Waals surface area (Å²) in [5, 5.41) is 0. The summed E-state index contributed by atoms with van der Waals surface area (Å²) in [5.74, 6) is 0.940. The molecule has 0 aromatic heterocycles. The molecule has 2 aliphatic rings. The minimum atomic E-state index is 0.544. The molecule has 3 rings (SSSR count). The molecule has 1 unspecified atom stereocenters. The van der Waals surface area contributed by atoms with Gasteiger partial charge in [-0.15, -0.1) is 0 Å². The Labute approximate surface area is 86.5 Å². The Bertz CT molecular complexity index is 359. The van der Waals surface area contributed by atoms with Crippen molar-refractivity contribution in [2.24, 2.45) is 5.92 Å². The van der Waals surface area contributed by atoms with Crippen LogP contribution in [0.5, 0.6) is 0 Å². The molecular weight excluding hydrogens is 169 g/mol. The SMILES string of the molecule is Bc1ccc(C23C[C@@H]2CN(C)C3)cc1. The molecule has 2 fully saturated rings. The Morgan fingerprint density at radius 1 is 1.36 bits per heavy atom. The van der Waals surface area contributed by atoms with Gasteiger partial charge in [0.05, 0.1) is 0 Å². The molecule has 0 bridgehead atoms. The quantitative estimate of drug-likeness (QED) is 0.563. The first-order valence-corrected chi connectivity index (χ1v) is 5.46. The van der Waals surface area contributed by atoms with E-state index < -0.39 is 0 Å². The standard InChI is InChI=1S/C12H16BN/c1-14-7-10-6-12(10,8-14)9-2-4-11(13)5-3-9/h2-5,10H,6-8,13H2,1H3/t10-,12?/m1/s1. The fourth-order valence-electron chi connectivity index (χ4n) is 3.07. The summed E-state index contributed by atoms with van der Waals surface area (Å²) in [5.41, 5.74) is 3.48. The number of hydrogen-bond donors (Lipinski definition) is 0. The summed E-state index contributed by atoms with van der Waals surface area (Å²) < 4.78 is 0. The van der Waals surface area contributed by atoms with Gasteiger partial charge >= 0.3 is 0 Å². The van der Waals surface area contributed by atoms with E-state index in [0.717, 1.165) is 5.92 Å². The molecule has 14 heavy (non-hydrogen) atoms. The van der Waals surface area contributed by atoms with Crippen molar-refractivity contribution in [2.75, 3.05) is 20.1 Å². The van der Waals surface area contributed by atoms with Gasteiger partial charge in [0.25, 0.3) is 0 Å². The second-order valence-corrected chi connectivity index (χ2v) is 5.12. The summed E-state index contributed by atoms with van der Waals surface area (Å²) in [6.45, 7) is 2.56. The number of rotatable bonds is 1. The van der Waals surface area contributed by atoms with Crippen LogP contribution in [0.3, 0.4) is 0 Å². The van der Waals surface area contributed by atoms with Crippen LogP contribution in [-0.4, -0.2) is 32.9 Å². The maximum atomic E-state index is 2.47. The molecule has 72 valence electrons. The van der Waals surface area contributed by atoms with Crippen LogP contribution < -0.4 is 5.46 Å².